The Morgan fingerprint density at radius 2 is 1.56 bits per heavy atom. The average Bonchev–Trinajstić information content (AvgIpc) is 2.59. The summed E-state index contributed by atoms with van der Waals surface area (Å²) in [4.78, 5) is 23.9. The standard InChI is InChI=1S/C19H38N2O4/c1-4-5-6-7-8-9-10-11-13-19(2,3)17(23)12-14-21(25)18(24)16(20)15-22/h16,22,25H,4-15,20H2,1-3H3/t16-/m0/s1. The predicted molar refractivity (Wildman–Crippen MR) is 99.2 cm³/mol. The maximum atomic E-state index is 12.3. The van der Waals surface area contributed by atoms with Crippen molar-refractivity contribution in [3.8, 4) is 0 Å². The van der Waals surface area contributed by atoms with Gasteiger partial charge in [-0.3, -0.25) is 14.8 Å². The summed E-state index contributed by atoms with van der Waals surface area (Å²) in [5, 5.41) is 18.9. The van der Waals surface area contributed by atoms with E-state index in [1.54, 1.807) is 0 Å². The molecule has 1 amide bonds. The Kier molecular flexibility index (Phi) is 12.7. The number of nitrogens with two attached hydrogens (primary N) is 1. The van der Waals surface area contributed by atoms with Gasteiger partial charge < -0.3 is 10.8 Å². The minimum atomic E-state index is -1.15. The molecule has 1 atom stereocenters. The molecule has 0 saturated carbocycles. The van der Waals surface area contributed by atoms with Crippen LogP contribution in [0.15, 0.2) is 0 Å². The molecule has 0 saturated heterocycles. The molecule has 25 heavy (non-hydrogen) atoms. The van der Waals surface area contributed by atoms with Crippen molar-refractivity contribution in [2.24, 2.45) is 11.1 Å². The lowest BCUT2D eigenvalue weighted by atomic mass is 9.81. The van der Waals surface area contributed by atoms with E-state index < -0.39 is 24.0 Å². The Hall–Kier alpha value is -0.980. The zero-order chi connectivity index (χ0) is 19.3. The largest absolute Gasteiger partial charge is 0.394 e. The van der Waals surface area contributed by atoms with Crippen molar-refractivity contribution in [3.05, 3.63) is 0 Å². The molecule has 0 fully saturated rings. The fourth-order valence-electron chi connectivity index (χ4n) is 2.77. The number of carbonyl (C=O) groups excluding carboxylic acids is 2. The van der Waals surface area contributed by atoms with Crippen molar-refractivity contribution in [2.75, 3.05) is 13.2 Å². The molecule has 0 aliphatic rings. The Bertz CT molecular complexity index is 386. The van der Waals surface area contributed by atoms with Gasteiger partial charge in [-0.2, -0.15) is 0 Å². The van der Waals surface area contributed by atoms with E-state index in [9.17, 15) is 14.8 Å². The normalized spacial score (nSPS) is 12.9. The molecule has 4 N–H and O–H groups in total. The fraction of sp³-hybridized carbons (Fsp3) is 0.895. The van der Waals surface area contributed by atoms with Gasteiger partial charge in [0.05, 0.1) is 13.2 Å². The van der Waals surface area contributed by atoms with Crippen LogP contribution in [0.25, 0.3) is 0 Å². The minimum Gasteiger partial charge on any atom is -0.394 e. The summed E-state index contributed by atoms with van der Waals surface area (Å²) in [5.74, 6) is -0.740. The number of Topliss-reactive ketones (excluding diaryl/α,β-unsaturated/α-hetero) is 1. The van der Waals surface area contributed by atoms with Crippen molar-refractivity contribution >= 4 is 11.7 Å². The van der Waals surface area contributed by atoms with E-state index >= 15 is 0 Å². The Morgan fingerprint density at radius 3 is 2.08 bits per heavy atom. The molecule has 0 heterocycles. The Balaban J connectivity index is 3.98. The van der Waals surface area contributed by atoms with Crippen molar-refractivity contribution in [2.45, 2.75) is 91.0 Å². The number of amides is 1. The van der Waals surface area contributed by atoms with Gasteiger partial charge in [-0.1, -0.05) is 72.1 Å². The number of unbranched alkanes of at least 4 members (excludes halogenated alkanes) is 7. The molecule has 0 aliphatic carbocycles. The number of nitrogens with zero attached hydrogens (tertiary/aromatic N) is 1. The van der Waals surface area contributed by atoms with Gasteiger partial charge in [0.25, 0.3) is 5.91 Å². The van der Waals surface area contributed by atoms with Crippen molar-refractivity contribution in [1.29, 1.82) is 0 Å². The number of hydrogen-bond acceptors (Lipinski definition) is 5. The highest BCUT2D eigenvalue weighted by atomic mass is 16.5. The molecule has 148 valence electrons. The molecule has 0 rings (SSSR count). The number of rotatable bonds is 15. The Labute approximate surface area is 152 Å². The summed E-state index contributed by atoms with van der Waals surface area (Å²) in [7, 11) is 0. The zero-order valence-corrected chi connectivity index (χ0v) is 16.3. The summed E-state index contributed by atoms with van der Waals surface area (Å²) in [6.45, 7) is 5.42. The van der Waals surface area contributed by atoms with Crippen molar-refractivity contribution < 1.29 is 19.9 Å². The highest BCUT2D eigenvalue weighted by molar-refractivity contribution is 5.85. The minimum absolute atomic E-state index is 0.0277. The van der Waals surface area contributed by atoms with Crippen LogP contribution in [0, 0.1) is 5.41 Å². The highest BCUT2D eigenvalue weighted by Crippen LogP contribution is 2.26. The van der Waals surface area contributed by atoms with Crippen LogP contribution in [-0.2, 0) is 9.59 Å². The fourth-order valence-corrected chi connectivity index (χ4v) is 2.77. The number of aliphatic hydroxyl groups is 1. The van der Waals surface area contributed by atoms with Crippen LogP contribution in [0.3, 0.4) is 0 Å². The molecule has 0 aromatic carbocycles. The monoisotopic (exact) mass is 358 g/mol. The van der Waals surface area contributed by atoms with Crippen molar-refractivity contribution in [3.63, 3.8) is 0 Å². The van der Waals surface area contributed by atoms with Crippen LogP contribution in [-0.4, -0.2) is 46.3 Å². The molecule has 6 heteroatoms. The first-order valence-corrected chi connectivity index (χ1v) is 9.66. The van der Waals surface area contributed by atoms with Gasteiger partial charge in [0.1, 0.15) is 11.8 Å². The predicted octanol–water partition coefficient (Wildman–Crippen LogP) is 3.04. The summed E-state index contributed by atoms with van der Waals surface area (Å²) in [6, 6.07) is -1.15. The third-order valence-electron chi connectivity index (χ3n) is 4.73. The third kappa shape index (κ3) is 10.6. The van der Waals surface area contributed by atoms with Crippen LogP contribution in [0.1, 0.15) is 85.0 Å². The number of aliphatic hydroxyl groups excluding tert-OH is 1. The topological polar surface area (TPSA) is 104 Å². The van der Waals surface area contributed by atoms with Crippen LogP contribution < -0.4 is 5.73 Å². The maximum absolute atomic E-state index is 12.3. The quantitative estimate of drug-likeness (QED) is 0.237. The lowest BCUT2D eigenvalue weighted by Gasteiger charge is -2.24. The average molecular weight is 359 g/mol. The van der Waals surface area contributed by atoms with Gasteiger partial charge in [0.15, 0.2) is 0 Å². The van der Waals surface area contributed by atoms with Crippen molar-refractivity contribution in [1.82, 2.24) is 5.06 Å². The molecule has 0 aromatic rings. The summed E-state index contributed by atoms with van der Waals surface area (Å²) >= 11 is 0. The second-order valence-corrected chi connectivity index (χ2v) is 7.53. The lowest BCUT2D eigenvalue weighted by molar-refractivity contribution is -0.168. The van der Waals surface area contributed by atoms with E-state index in [-0.39, 0.29) is 18.7 Å². The van der Waals surface area contributed by atoms with Gasteiger partial charge in [-0.05, 0) is 6.42 Å². The molecule has 0 bridgehead atoms. The van der Waals surface area contributed by atoms with E-state index in [0.717, 1.165) is 19.3 Å². The first-order chi connectivity index (χ1) is 11.8. The number of hydrogen-bond donors (Lipinski definition) is 3. The van der Waals surface area contributed by atoms with Crippen LogP contribution in [0.2, 0.25) is 0 Å². The SMILES string of the molecule is CCCCCCCCCCC(C)(C)C(=O)CCN(O)C(=O)[C@@H](N)CO. The van der Waals surface area contributed by atoms with Crippen LogP contribution in [0.4, 0.5) is 0 Å². The maximum Gasteiger partial charge on any atom is 0.265 e. The Morgan fingerprint density at radius 1 is 1.04 bits per heavy atom. The summed E-state index contributed by atoms with van der Waals surface area (Å²) < 4.78 is 0. The molecule has 0 radical (unpaired) electrons. The third-order valence-corrected chi connectivity index (χ3v) is 4.73. The lowest BCUT2D eigenvalue weighted by Crippen LogP contribution is -2.45. The molecule has 0 aromatic heterocycles. The smallest absolute Gasteiger partial charge is 0.265 e. The van der Waals surface area contributed by atoms with E-state index in [2.05, 4.69) is 6.92 Å². The first-order valence-electron chi connectivity index (χ1n) is 9.66. The van der Waals surface area contributed by atoms with Crippen LogP contribution in [0.5, 0.6) is 0 Å². The van der Waals surface area contributed by atoms with Gasteiger partial charge in [0, 0.05) is 11.8 Å². The second kappa shape index (κ2) is 13.3. The summed E-state index contributed by atoms with van der Waals surface area (Å²) in [6.07, 6.45) is 10.7. The van der Waals surface area contributed by atoms with E-state index in [1.165, 1.54) is 38.5 Å². The second-order valence-electron chi connectivity index (χ2n) is 7.53. The summed E-state index contributed by atoms with van der Waals surface area (Å²) in [5.41, 5.74) is 4.90. The van der Waals surface area contributed by atoms with E-state index in [1.807, 2.05) is 13.8 Å². The number of ketones is 1. The van der Waals surface area contributed by atoms with Gasteiger partial charge >= 0.3 is 0 Å². The molecule has 0 unspecified atom stereocenters. The molecule has 6 nitrogen and oxygen atoms in total. The van der Waals surface area contributed by atoms with Gasteiger partial charge in [-0.15, -0.1) is 0 Å². The van der Waals surface area contributed by atoms with Crippen LogP contribution >= 0.6 is 0 Å². The number of hydroxylamine groups is 2. The molecular weight excluding hydrogens is 320 g/mol. The number of carbonyl (C=O) groups is 2. The van der Waals surface area contributed by atoms with Gasteiger partial charge in [0.2, 0.25) is 0 Å². The molecule has 0 aliphatic heterocycles. The molecule has 0 spiro atoms. The molecular formula is C19H38N2O4. The van der Waals surface area contributed by atoms with E-state index in [0.29, 0.717) is 5.06 Å². The first kappa shape index (κ1) is 24.0. The van der Waals surface area contributed by atoms with Gasteiger partial charge in [-0.25, -0.2) is 5.06 Å². The van der Waals surface area contributed by atoms with E-state index in [4.69, 9.17) is 10.8 Å². The highest BCUT2D eigenvalue weighted by Gasteiger charge is 2.28. The zero-order valence-electron chi connectivity index (χ0n) is 16.3.